The van der Waals surface area contributed by atoms with E-state index in [4.69, 9.17) is 0 Å². The van der Waals surface area contributed by atoms with Gasteiger partial charge in [-0.1, -0.05) is 0 Å². The van der Waals surface area contributed by atoms with Crippen LogP contribution in [0.5, 0.6) is 0 Å². The highest BCUT2D eigenvalue weighted by Crippen LogP contribution is 2.29. The minimum atomic E-state index is -0.643. The van der Waals surface area contributed by atoms with Gasteiger partial charge in [-0.2, -0.15) is 0 Å². The number of hydrogen-bond acceptors (Lipinski definition) is 4. The van der Waals surface area contributed by atoms with Crippen LogP contribution in [0.15, 0.2) is 28.6 Å². The van der Waals surface area contributed by atoms with Crippen molar-refractivity contribution < 1.29 is 13.6 Å². The zero-order chi connectivity index (χ0) is 16.4. The van der Waals surface area contributed by atoms with Crippen LogP contribution in [-0.2, 0) is 4.79 Å². The number of likely N-dealkylation sites (tertiary alicyclic amines) is 1. The Morgan fingerprint density at radius 3 is 2.70 bits per heavy atom. The number of carbonyl (C=O) groups excluding carboxylic acids is 1. The second-order valence-electron chi connectivity index (χ2n) is 5.33. The van der Waals surface area contributed by atoms with Gasteiger partial charge in [0.1, 0.15) is 17.5 Å². The average Bonchev–Trinajstić information content (AvgIpc) is 2.95. The van der Waals surface area contributed by atoms with Crippen LogP contribution in [0.1, 0.15) is 26.2 Å². The predicted molar refractivity (Wildman–Crippen MR) is 85.8 cm³/mol. The van der Waals surface area contributed by atoms with Crippen LogP contribution < -0.4 is 0 Å². The molecule has 0 spiro atoms. The fraction of sp³-hybridized carbons (Fsp3) is 0.312. The van der Waals surface area contributed by atoms with Crippen LogP contribution in [0.3, 0.4) is 0 Å². The van der Waals surface area contributed by atoms with Gasteiger partial charge in [0.25, 0.3) is 0 Å². The summed E-state index contributed by atoms with van der Waals surface area (Å²) in [4.78, 5) is 22.1. The maximum Gasteiger partial charge on any atom is 0.224 e. The van der Waals surface area contributed by atoms with E-state index in [0.717, 1.165) is 25.3 Å². The lowest BCUT2D eigenvalue weighted by atomic mass is 10.1. The van der Waals surface area contributed by atoms with Gasteiger partial charge in [-0.3, -0.25) is 4.79 Å². The second-order valence-corrected chi connectivity index (χ2v) is 6.17. The Bertz CT molecular complexity index is 752. The first-order valence-corrected chi connectivity index (χ1v) is 8.18. The number of rotatable bonds is 2. The highest BCUT2D eigenvalue weighted by atomic mass is 32.1. The molecule has 0 unspecified atom stereocenters. The molecule has 2 heterocycles. The van der Waals surface area contributed by atoms with Crippen LogP contribution in [0.4, 0.5) is 13.9 Å². The zero-order valence-electron chi connectivity index (χ0n) is 12.6. The molecule has 0 bridgehead atoms. The van der Waals surface area contributed by atoms with E-state index in [9.17, 15) is 13.6 Å². The third-order valence-corrected chi connectivity index (χ3v) is 4.33. The topological polar surface area (TPSA) is 45.6 Å². The first-order valence-electron chi connectivity index (χ1n) is 7.30. The van der Waals surface area contributed by atoms with E-state index in [0.29, 0.717) is 28.8 Å². The Kier molecular flexibility index (Phi) is 4.47. The van der Waals surface area contributed by atoms with E-state index in [1.165, 1.54) is 30.4 Å². The van der Waals surface area contributed by atoms with E-state index < -0.39 is 11.6 Å². The van der Waals surface area contributed by atoms with Crippen molar-refractivity contribution in [1.82, 2.24) is 9.88 Å². The first-order chi connectivity index (χ1) is 11.0. The number of amides is 1. The molecule has 2 aromatic rings. The van der Waals surface area contributed by atoms with Crippen LogP contribution in [0.25, 0.3) is 11.3 Å². The SMILES string of the molecule is CC(=O)N1CCCCC1=Nc1nc(-c2cc(F)cc(F)c2)cs1. The van der Waals surface area contributed by atoms with Crippen molar-refractivity contribution in [1.29, 1.82) is 0 Å². The van der Waals surface area contributed by atoms with E-state index in [-0.39, 0.29) is 5.91 Å². The van der Waals surface area contributed by atoms with Crippen LogP contribution in [0.2, 0.25) is 0 Å². The predicted octanol–water partition coefficient (Wildman–Crippen LogP) is 4.15. The minimum Gasteiger partial charge on any atom is -0.300 e. The summed E-state index contributed by atoms with van der Waals surface area (Å²) in [7, 11) is 0. The molecule has 0 radical (unpaired) electrons. The number of hydrogen-bond donors (Lipinski definition) is 0. The van der Waals surface area contributed by atoms with Gasteiger partial charge >= 0.3 is 0 Å². The Morgan fingerprint density at radius 1 is 1.26 bits per heavy atom. The van der Waals surface area contributed by atoms with E-state index in [1.54, 1.807) is 10.3 Å². The molecule has 0 atom stereocenters. The van der Waals surface area contributed by atoms with E-state index in [1.807, 2.05) is 0 Å². The number of carbonyl (C=O) groups is 1. The fourth-order valence-electron chi connectivity index (χ4n) is 2.53. The quantitative estimate of drug-likeness (QED) is 0.827. The standard InChI is InChI=1S/C16H15F2N3OS/c1-10(22)21-5-3-2-4-15(21)20-16-19-14(9-23-16)11-6-12(17)8-13(18)7-11/h6-9H,2-5H2,1H3. The third kappa shape index (κ3) is 3.61. The maximum atomic E-state index is 13.3. The van der Waals surface area contributed by atoms with Gasteiger partial charge in [0.15, 0.2) is 0 Å². The van der Waals surface area contributed by atoms with Gasteiger partial charge in [-0.15, -0.1) is 11.3 Å². The number of halogens is 2. The summed E-state index contributed by atoms with van der Waals surface area (Å²) in [6.07, 6.45) is 2.67. The van der Waals surface area contributed by atoms with Crippen molar-refractivity contribution in [3.05, 3.63) is 35.2 Å². The molecule has 23 heavy (non-hydrogen) atoms. The summed E-state index contributed by atoms with van der Waals surface area (Å²) < 4.78 is 26.6. The minimum absolute atomic E-state index is 0.0348. The number of amidine groups is 1. The molecule has 1 aromatic carbocycles. The lowest BCUT2D eigenvalue weighted by Crippen LogP contribution is -2.38. The highest BCUT2D eigenvalue weighted by Gasteiger charge is 2.20. The normalized spacial score (nSPS) is 16.8. The van der Waals surface area contributed by atoms with E-state index >= 15 is 0 Å². The number of benzene rings is 1. The largest absolute Gasteiger partial charge is 0.300 e. The van der Waals surface area contributed by atoms with Gasteiger partial charge in [0.05, 0.1) is 5.69 Å². The maximum absolute atomic E-state index is 13.3. The molecule has 3 rings (SSSR count). The van der Waals surface area contributed by atoms with Gasteiger partial charge in [0, 0.05) is 36.9 Å². The molecule has 7 heteroatoms. The molecule has 120 valence electrons. The van der Waals surface area contributed by atoms with Crippen LogP contribution in [0, 0.1) is 11.6 Å². The van der Waals surface area contributed by atoms with E-state index in [2.05, 4.69) is 9.98 Å². The molecule has 1 fully saturated rings. The van der Waals surface area contributed by atoms with Crippen molar-refractivity contribution >= 4 is 28.2 Å². The van der Waals surface area contributed by atoms with Crippen LogP contribution >= 0.6 is 11.3 Å². The molecule has 0 aliphatic carbocycles. The van der Waals surface area contributed by atoms with Gasteiger partial charge < -0.3 is 4.90 Å². The summed E-state index contributed by atoms with van der Waals surface area (Å²) >= 11 is 1.28. The molecule has 0 saturated carbocycles. The summed E-state index contributed by atoms with van der Waals surface area (Å²) in [5.74, 6) is -0.616. The zero-order valence-corrected chi connectivity index (χ0v) is 13.4. The van der Waals surface area contributed by atoms with Crippen molar-refractivity contribution in [3.63, 3.8) is 0 Å². The lowest BCUT2D eigenvalue weighted by molar-refractivity contribution is -0.125. The molecule has 1 aromatic heterocycles. The van der Waals surface area contributed by atoms with Gasteiger partial charge in [-0.05, 0) is 25.0 Å². The fourth-order valence-corrected chi connectivity index (χ4v) is 3.25. The molecule has 1 amide bonds. The number of nitrogens with zero attached hydrogens (tertiary/aromatic N) is 3. The molecule has 1 aliphatic rings. The number of thiazole rings is 1. The second kappa shape index (κ2) is 6.54. The molecule has 1 aliphatic heterocycles. The van der Waals surface area contributed by atoms with Crippen molar-refractivity contribution in [2.45, 2.75) is 26.2 Å². The monoisotopic (exact) mass is 335 g/mol. The molecule has 1 saturated heterocycles. The van der Waals surface area contributed by atoms with Crippen molar-refractivity contribution in [3.8, 4) is 11.3 Å². The van der Waals surface area contributed by atoms with Gasteiger partial charge in [-0.25, -0.2) is 18.8 Å². The average molecular weight is 335 g/mol. The molecular formula is C16H15F2N3OS. The summed E-state index contributed by atoms with van der Waals surface area (Å²) in [6.45, 7) is 2.19. The van der Waals surface area contributed by atoms with Crippen LogP contribution in [-0.4, -0.2) is 28.2 Å². The Hall–Kier alpha value is -2.15. The molecular weight excluding hydrogens is 320 g/mol. The summed E-state index contributed by atoms with van der Waals surface area (Å²) in [5, 5.41) is 2.18. The van der Waals surface area contributed by atoms with Crippen molar-refractivity contribution in [2.75, 3.05) is 6.54 Å². The molecule has 0 N–H and O–H groups in total. The van der Waals surface area contributed by atoms with Crippen molar-refractivity contribution in [2.24, 2.45) is 4.99 Å². The Morgan fingerprint density at radius 2 is 2.00 bits per heavy atom. The number of piperidine rings is 1. The lowest BCUT2D eigenvalue weighted by Gasteiger charge is -2.26. The smallest absolute Gasteiger partial charge is 0.224 e. The third-order valence-electron chi connectivity index (χ3n) is 3.60. The summed E-state index contributed by atoms with van der Waals surface area (Å²) in [5.41, 5.74) is 0.843. The number of aromatic nitrogens is 1. The first kappa shape index (κ1) is 15.7. The summed E-state index contributed by atoms with van der Waals surface area (Å²) in [6, 6.07) is 3.29. The van der Waals surface area contributed by atoms with Gasteiger partial charge in [0.2, 0.25) is 11.0 Å². The number of aliphatic imine (C=N–C) groups is 1. The highest BCUT2D eigenvalue weighted by molar-refractivity contribution is 7.13. The molecule has 4 nitrogen and oxygen atoms in total. The Labute approximate surface area is 136 Å². The Balaban J connectivity index is 1.89.